The molecule has 3 rings (SSSR count). The molecular weight excluding hydrogens is 492 g/mol. The van der Waals surface area contributed by atoms with Crippen LogP contribution in [0, 0.1) is 6.92 Å². The highest BCUT2D eigenvalue weighted by atomic mass is 32.2. The van der Waals surface area contributed by atoms with Gasteiger partial charge in [-0.05, 0) is 68.7 Å². The largest absolute Gasteiger partial charge is 0.497 e. The van der Waals surface area contributed by atoms with Crippen molar-refractivity contribution >= 4 is 21.6 Å². The maximum Gasteiger partial charge on any atom is 0.264 e. The number of carbonyl (C=O) groups is 1. The summed E-state index contributed by atoms with van der Waals surface area (Å²) in [6.07, 6.45) is 1.47. The average molecular weight is 527 g/mol. The zero-order chi connectivity index (χ0) is 26.8. The van der Waals surface area contributed by atoms with Gasteiger partial charge >= 0.3 is 0 Å². The van der Waals surface area contributed by atoms with Crippen LogP contribution in [0.1, 0.15) is 24.5 Å². The van der Waals surface area contributed by atoms with Crippen molar-refractivity contribution in [3.63, 3.8) is 0 Å². The molecule has 0 bridgehead atoms. The van der Waals surface area contributed by atoms with Crippen LogP contribution in [0.15, 0.2) is 71.6 Å². The van der Waals surface area contributed by atoms with Crippen LogP contribution in [0.3, 0.4) is 0 Å². The van der Waals surface area contributed by atoms with Gasteiger partial charge in [-0.3, -0.25) is 9.10 Å². The van der Waals surface area contributed by atoms with Gasteiger partial charge in [-0.1, -0.05) is 29.8 Å². The van der Waals surface area contributed by atoms with Gasteiger partial charge in [0.15, 0.2) is 0 Å². The lowest BCUT2D eigenvalue weighted by atomic mass is 10.1. The van der Waals surface area contributed by atoms with Crippen LogP contribution in [-0.4, -0.2) is 48.2 Å². The SMILES string of the molecule is CCOc1ccc(CCCNC(=O)CN(c2cc(OC)ccc2OC)S(=O)(=O)c2ccc(C)cc2)cc1. The molecule has 3 aromatic carbocycles. The minimum atomic E-state index is -4.08. The minimum absolute atomic E-state index is 0.0753. The fourth-order valence-electron chi connectivity index (χ4n) is 3.75. The fraction of sp³-hybridized carbons (Fsp3) is 0.321. The zero-order valence-electron chi connectivity index (χ0n) is 21.7. The summed E-state index contributed by atoms with van der Waals surface area (Å²) in [7, 11) is -1.15. The van der Waals surface area contributed by atoms with Gasteiger partial charge in [0.2, 0.25) is 5.91 Å². The van der Waals surface area contributed by atoms with Gasteiger partial charge in [0.1, 0.15) is 23.8 Å². The lowest BCUT2D eigenvalue weighted by Crippen LogP contribution is -2.41. The molecule has 0 saturated carbocycles. The van der Waals surface area contributed by atoms with Crippen molar-refractivity contribution in [3.8, 4) is 17.2 Å². The Labute approximate surface area is 219 Å². The number of carbonyl (C=O) groups excluding carboxylic acids is 1. The molecule has 0 aliphatic heterocycles. The molecule has 0 radical (unpaired) electrons. The first-order valence-corrected chi connectivity index (χ1v) is 13.5. The monoisotopic (exact) mass is 526 g/mol. The van der Waals surface area contributed by atoms with Gasteiger partial charge in [-0.15, -0.1) is 0 Å². The Morgan fingerprint density at radius 1 is 0.919 bits per heavy atom. The minimum Gasteiger partial charge on any atom is -0.497 e. The number of nitrogens with zero attached hydrogens (tertiary/aromatic N) is 1. The number of anilines is 1. The van der Waals surface area contributed by atoms with Gasteiger partial charge in [-0.25, -0.2) is 8.42 Å². The Morgan fingerprint density at radius 3 is 2.22 bits per heavy atom. The smallest absolute Gasteiger partial charge is 0.264 e. The van der Waals surface area contributed by atoms with Gasteiger partial charge < -0.3 is 19.5 Å². The Morgan fingerprint density at radius 2 is 1.59 bits per heavy atom. The lowest BCUT2D eigenvalue weighted by Gasteiger charge is -2.26. The van der Waals surface area contributed by atoms with Crippen molar-refractivity contribution in [2.24, 2.45) is 0 Å². The van der Waals surface area contributed by atoms with E-state index in [4.69, 9.17) is 14.2 Å². The first-order valence-electron chi connectivity index (χ1n) is 12.1. The number of hydrogen-bond acceptors (Lipinski definition) is 6. The number of sulfonamides is 1. The maximum absolute atomic E-state index is 13.7. The van der Waals surface area contributed by atoms with Crippen LogP contribution < -0.4 is 23.8 Å². The van der Waals surface area contributed by atoms with E-state index in [1.807, 2.05) is 38.1 Å². The van der Waals surface area contributed by atoms with Crippen LogP contribution in [0.4, 0.5) is 5.69 Å². The Bertz CT molecular complexity index is 1280. The molecule has 0 heterocycles. The third-order valence-corrected chi connectivity index (χ3v) is 7.52. The molecule has 8 nitrogen and oxygen atoms in total. The molecule has 0 aliphatic rings. The van der Waals surface area contributed by atoms with E-state index in [1.54, 1.807) is 30.3 Å². The predicted octanol–water partition coefficient (Wildman–Crippen LogP) is 4.36. The van der Waals surface area contributed by atoms with E-state index >= 15 is 0 Å². The standard InChI is InChI=1S/C28H34N2O6S/c1-5-36-23-12-10-22(11-13-23)7-6-18-29-28(31)20-30(26-19-24(34-3)14-17-27(26)35-4)37(32,33)25-15-8-21(2)9-16-25/h8-17,19H,5-7,18,20H2,1-4H3,(H,29,31). The third kappa shape index (κ3) is 7.39. The molecule has 9 heteroatoms. The molecule has 1 amide bonds. The number of hydrogen-bond donors (Lipinski definition) is 1. The second kappa shape index (κ2) is 13.0. The van der Waals surface area contributed by atoms with Crippen molar-refractivity contribution < 1.29 is 27.4 Å². The number of methoxy groups -OCH3 is 2. The van der Waals surface area contributed by atoms with Gasteiger partial charge in [-0.2, -0.15) is 0 Å². The maximum atomic E-state index is 13.7. The summed E-state index contributed by atoms with van der Waals surface area (Å²) in [5.41, 5.74) is 2.27. The van der Waals surface area contributed by atoms with Crippen molar-refractivity contribution in [1.82, 2.24) is 5.32 Å². The van der Waals surface area contributed by atoms with E-state index in [1.165, 1.54) is 26.4 Å². The van der Waals surface area contributed by atoms with Gasteiger partial charge in [0.25, 0.3) is 10.0 Å². The van der Waals surface area contributed by atoms with E-state index in [0.29, 0.717) is 31.1 Å². The van der Waals surface area contributed by atoms with E-state index in [2.05, 4.69) is 5.32 Å². The summed E-state index contributed by atoms with van der Waals surface area (Å²) in [5.74, 6) is 1.14. The van der Waals surface area contributed by atoms with Crippen molar-refractivity contribution in [2.75, 3.05) is 38.2 Å². The molecule has 0 atom stereocenters. The van der Waals surface area contributed by atoms with Crippen molar-refractivity contribution in [1.29, 1.82) is 0 Å². The van der Waals surface area contributed by atoms with Crippen LogP contribution in [0.2, 0.25) is 0 Å². The number of ether oxygens (including phenoxy) is 3. The molecule has 0 unspecified atom stereocenters. The highest BCUT2D eigenvalue weighted by Crippen LogP contribution is 2.35. The van der Waals surface area contributed by atoms with E-state index in [0.717, 1.165) is 27.6 Å². The Kier molecular flexibility index (Phi) is 9.79. The van der Waals surface area contributed by atoms with Crippen LogP contribution >= 0.6 is 0 Å². The van der Waals surface area contributed by atoms with E-state index in [9.17, 15) is 13.2 Å². The summed E-state index contributed by atoms with van der Waals surface area (Å²) in [6, 6.07) is 19.2. The van der Waals surface area contributed by atoms with Crippen LogP contribution in [0.25, 0.3) is 0 Å². The number of nitrogens with one attached hydrogen (secondary N) is 1. The molecule has 1 N–H and O–H groups in total. The van der Waals surface area contributed by atoms with Crippen LogP contribution in [-0.2, 0) is 21.2 Å². The van der Waals surface area contributed by atoms with Gasteiger partial charge in [0.05, 0.1) is 31.4 Å². The Hall–Kier alpha value is -3.72. The van der Waals surface area contributed by atoms with Crippen molar-refractivity contribution in [2.45, 2.75) is 31.6 Å². The predicted molar refractivity (Wildman–Crippen MR) is 144 cm³/mol. The first kappa shape index (κ1) is 27.9. The molecule has 0 saturated heterocycles. The van der Waals surface area contributed by atoms with Gasteiger partial charge in [0, 0.05) is 12.6 Å². The quantitative estimate of drug-likeness (QED) is 0.333. The molecular formula is C28H34N2O6S. The van der Waals surface area contributed by atoms with E-state index in [-0.39, 0.29) is 10.6 Å². The summed E-state index contributed by atoms with van der Waals surface area (Å²) < 4.78 is 44.6. The Balaban J connectivity index is 1.75. The average Bonchev–Trinajstić information content (AvgIpc) is 2.90. The molecule has 0 spiro atoms. The number of amides is 1. The topological polar surface area (TPSA) is 94.2 Å². The second-order valence-electron chi connectivity index (χ2n) is 8.39. The first-order chi connectivity index (χ1) is 17.8. The molecule has 37 heavy (non-hydrogen) atoms. The van der Waals surface area contributed by atoms with E-state index < -0.39 is 22.5 Å². The lowest BCUT2D eigenvalue weighted by molar-refractivity contribution is -0.119. The summed E-state index contributed by atoms with van der Waals surface area (Å²) >= 11 is 0. The number of aryl methyl sites for hydroxylation is 2. The number of benzene rings is 3. The molecule has 3 aromatic rings. The molecule has 0 fully saturated rings. The summed E-state index contributed by atoms with van der Waals surface area (Å²) in [5, 5.41) is 2.84. The van der Waals surface area contributed by atoms with Crippen LogP contribution in [0.5, 0.6) is 17.2 Å². The molecule has 0 aromatic heterocycles. The summed E-state index contributed by atoms with van der Waals surface area (Å²) in [6.45, 7) is 4.42. The van der Waals surface area contributed by atoms with Crippen molar-refractivity contribution in [3.05, 3.63) is 77.9 Å². The summed E-state index contributed by atoms with van der Waals surface area (Å²) in [4.78, 5) is 13.0. The highest BCUT2D eigenvalue weighted by Gasteiger charge is 2.30. The zero-order valence-corrected chi connectivity index (χ0v) is 22.5. The molecule has 0 aliphatic carbocycles. The number of rotatable bonds is 13. The highest BCUT2D eigenvalue weighted by molar-refractivity contribution is 7.92. The molecule has 198 valence electrons. The second-order valence-corrected chi connectivity index (χ2v) is 10.3. The third-order valence-electron chi connectivity index (χ3n) is 5.75. The fourth-order valence-corrected chi connectivity index (χ4v) is 5.18. The normalized spacial score (nSPS) is 11.0.